The van der Waals surface area contributed by atoms with Gasteiger partial charge in [0.1, 0.15) is 17.6 Å². The lowest BCUT2D eigenvalue weighted by Gasteiger charge is -2.09. The van der Waals surface area contributed by atoms with Gasteiger partial charge in [-0.05, 0) is 37.1 Å². The van der Waals surface area contributed by atoms with Crippen LogP contribution in [0.5, 0.6) is 0 Å². The molecule has 1 fully saturated rings. The van der Waals surface area contributed by atoms with Gasteiger partial charge in [0.05, 0.1) is 16.5 Å². The van der Waals surface area contributed by atoms with Gasteiger partial charge < -0.3 is 9.84 Å². The average Bonchev–Trinajstić information content (AvgIpc) is 3.54. The molecule has 1 N–H and O–H groups in total. The maximum absolute atomic E-state index is 13.6. The van der Waals surface area contributed by atoms with E-state index in [0.29, 0.717) is 34.0 Å². The summed E-state index contributed by atoms with van der Waals surface area (Å²) < 4.78 is 19.1. The molecular weight excluding hydrogens is 383 g/mol. The average molecular weight is 398 g/mol. The van der Waals surface area contributed by atoms with Crippen LogP contribution < -0.4 is 5.32 Å². The van der Waals surface area contributed by atoms with E-state index in [1.54, 1.807) is 12.1 Å². The molecule has 0 unspecified atom stereocenters. The third-order valence-corrected chi connectivity index (χ3v) is 5.10. The van der Waals surface area contributed by atoms with Gasteiger partial charge in [0.15, 0.2) is 0 Å². The molecule has 1 aliphatic rings. The Hall–Kier alpha value is -4.05. The van der Waals surface area contributed by atoms with Gasteiger partial charge in [-0.25, -0.2) is 9.37 Å². The summed E-state index contributed by atoms with van der Waals surface area (Å²) in [6.45, 7) is 0. The molecule has 1 saturated carbocycles. The van der Waals surface area contributed by atoms with Crippen molar-refractivity contribution >= 4 is 22.7 Å². The van der Waals surface area contributed by atoms with Crippen LogP contribution in [0.1, 0.15) is 40.4 Å². The zero-order valence-electron chi connectivity index (χ0n) is 15.7. The Morgan fingerprint density at radius 3 is 2.70 bits per heavy atom. The van der Waals surface area contributed by atoms with Crippen LogP contribution >= 0.6 is 0 Å². The summed E-state index contributed by atoms with van der Waals surface area (Å²) in [6.07, 6.45) is 2.03. The molecular formula is C23H15FN4O2. The van der Waals surface area contributed by atoms with Gasteiger partial charge in [-0.2, -0.15) is 5.26 Å². The third-order valence-electron chi connectivity index (χ3n) is 5.10. The molecule has 0 aliphatic heterocycles. The largest absolute Gasteiger partial charge is 0.335 e. The van der Waals surface area contributed by atoms with Gasteiger partial charge in [0.2, 0.25) is 0 Å². The van der Waals surface area contributed by atoms with E-state index in [0.717, 1.165) is 30.2 Å². The van der Waals surface area contributed by atoms with Crippen molar-refractivity contribution in [2.24, 2.45) is 0 Å². The number of nitrogens with one attached hydrogen (secondary N) is 1. The van der Waals surface area contributed by atoms with E-state index < -0.39 is 11.7 Å². The summed E-state index contributed by atoms with van der Waals surface area (Å²) in [5, 5.41) is 16.5. The Labute approximate surface area is 171 Å². The highest BCUT2D eigenvalue weighted by atomic mass is 19.1. The minimum absolute atomic E-state index is 0.138. The number of pyridine rings is 1. The van der Waals surface area contributed by atoms with Crippen LogP contribution in [0.4, 0.5) is 10.1 Å². The van der Waals surface area contributed by atoms with E-state index in [9.17, 15) is 9.18 Å². The lowest BCUT2D eigenvalue weighted by molar-refractivity contribution is 0.102. The molecule has 0 spiro atoms. The number of aromatic nitrogens is 2. The minimum atomic E-state index is -0.636. The molecule has 1 amide bonds. The first-order chi connectivity index (χ1) is 14.6. The number of halogens is 1. The predicted molar refractivity (Wildman–Crippen MR) is 108 cm³/mol. The SMILES string of the molecule is N#Cc1cc(NC(=O)c2cc(C3CC3)nc3onc(-c4ccccc4)c23)ccc1F. The summed E-state index contributed by atoms with van der Waals surface area (Å²) in [6, 6.07) is 16.8. The maximum atomic E-state index is 13.6. The van der Waals surface area contributed by atoms with E-state index in [1.165, 1.54) is 12.1 Å². The van der Waals surface area contributed by atoms with E-state index in [4.69, 9.17) is 9.78 Å². The van der Waals surface area contributed by atoms with Crippen molar-refractivity contribution in [3.8, 4) is 17.3 Å². The number of carbonyl (C=O) groups is 1. The zero-order chi connectivity index (χ0) is 20.7. The predicted octanol–water partition coefficient (Wildman–Crippen LogP) is 5.03. The lowest BCUT2D eigenvalue weighted by Crippen LogP contribution is -2.13. The topological polar surface area (TPSA) is 91.8 Å². The van der Waals surface area contributed by atoms with Gasteiger partial charge in [-0.1, -0.05) is 35.5 Å². The fourth-order valence-corrected chi connectivity index (χ4v) is 3.42. The second-order valence-corrected chi connectivity index (χ2v) is 7.21. The van der Waals surface area contributed by atoms with Crippen molar-refractivity contribution in [2.45, 2.75) is 18.8 Å². The van der Waals surface area contributed by atoms with E-state index >= 15 is 0 Å². The molecule has 2 aromatic heterocycles. The molecule has 7 heteroatoms. The Morgan fingerprint density at radius 1 is 1.17 bits per heavy atom. The number of benzene rings is 2. The van der Waals surface area contributed by atoms with Crippen LogP contribution in [0.2, 0.25) is 0 Å². The number of rotatable bonds is 4. The maximum Gasteiger partial charge on any atom is 0.259 e. The van der Waals surface area contributed by atoms with E-state index in [1.807, 2.05) is 30.3 Å². The summed E-state index contributed by atoms with van der Waals surface area (Å²) in [7, 11) is 0. The van der Waals surface area contributed by atoms with Crippen LogP contribution in [0.3, 0.4) is 0 Å². The molecule has 2 aromatic carbocycles. The highest BCUT2D eigenvalue weighted by molar-refractivity contribution is 6.14. The van der Waals surface area contributed by atoms with Crippen LogP contribution in [0.25, 0.3) is 22.4 Å². The molecule has 1 aliphatic carbocycles. The molecule has 5 rings (SSSR count). The van der Waals surface area contributed by atoms with Crippen molar-refractivity contribution in [1.82, 2.24) is 10.1 Å². The first-order valence-electron chi connectivity index (χ1n) is 9.51. The molecule has 4 aromatic rings. The molecule has 0 radical (unpaired) electrons. The van der Waals surface area contributed by atoms with Crippen molar-refractivity contribution in [2.75, 3.05) is 5.32 Å². The Morgan fingerprint density at radius 2 is 1.97 bits per heavy atom. The van der Waals surface area contributed by atoms with Gasteiger partial charge in [-0.3, -0.25) is 4.79 Å². The van der Waals surface area contributed by atoms with Gasteiger partial charge >= 0.3 is 0 Å². The van der Waals surface area contributed by atoms with Crippen molar-refractivity contribution in [3.05, 3.63) is 77.2 Å². The number of fused-ring (bicyclic) bond motifs is 1. The fraction of sp³-hybridized carbons (Fsp3) is 0.130. The fourth-order valence-electron chi connectivity index (χ4n) is 3.42. The van der Waals surface area contributed by atoms with Crippen molar-refractivity contribution in [3.63, 3.8) is 0 Å². The highest BCUT2D eigenvalue weighted by Gasteiger charge is 2.29. The molecule has 0 bridgehead atoms. The smallest absolute Gasteiger partial charge is 0.259 e. The Bertz CT molecular complexity index is 1320. The second kappa shape index (κ2) is 7.08. The number of nitriles is 1. The lowest BCUT2D eigenvalue weighted by atomic mass is 10.0. The summed E-state index contributed by atoms with van der Waals surface area (Å²) in [4.78, 5) is 17.8. The van der Waals surface area contributed by atoms with Crippen molar-refractivity contribution in [1.29, 1.82) is 5.26 Å². The van der Waals surface area contributed by atoms with E-state index in [2.05, 4.69) is 15.5 Å². The summed E-state index contributed by atoms with van der Waals surface area (Å²) in [5.41, 5.74) is 3.00. The molecule has 30 heavy (non-hydrogen) atoms. The number of hydrogen-bond acceptors (Lipinski definition) is 5. The number of hydrogen-bond donors (Lipinski definition) is 1. The van der Waals surface area contributed by atoms with Crippen LogP contribution in [-0.4, -0.2) is 16.0 Å². The standard InChI is InChI=1S/C23H15FN4O2/c24-18-9-8-16(10-15(18)12-25)26-22(29)17-11-19(13-6-7-13)27-23-20(17)21(28-30-23)14-4-2-1-3-5-14/h1-5,8-11,13H,6-7H2,(H,26,29). The first kappa shape index (κ1) is 18.0. The van der Waals surface area contributed by atoms with Gasteiger partial charge in [-0.15, -0.1) is 0 Å². The molecule has 6 nitrogen and oxygen atoms in total. The van der Waals surface area contributed by atoms with Crippen molar-refractivity contribution < 1.29 is 13.7 Å². The number of carbonyl (C=O) groups excluding carboxylic acids is 1. The Balaban J connectivity index is 1.62. The third kappa shape index (κ3) is 3.18. The zero-order valence-corrected chi connectivity index (χ0v) is 15.7. The highest BCUT2D eigenvalue weighted by Crippen LogP contribution is 2.41. The van der Waals surface area contributed by atoms with Gasteiger partial charge in [0, 0.05) is 22.9 Å². The van der Waals surface area contributed by atoms with Crippen LogP contribution in [0, 0.1) is 17.1 Å². The van der Waals surface area contributed by atoms with Gasteiger partial charge in [0.25, 0.3) is 11.6 Å². The monoisotopic (exact) mass is 398 g/mol. The second-order valence-electron chi connectivity index (χ2n) is 7.21. The molecule has 0 atom stereocenters. The quantitative estimate of drug-likeness (QED) is 0.520. The Kier molecular flexibility index (Phi) is 4.25. The molecule has 0 saturated heterocycles. The number of amides is 1. The minimum Gasteiger partial charge on any atom is -0.335 e. The number of anilines is 1. The summed E-state index contributed by atoms with van der Waals surface area (Å²) >= 11 is 0. The normalized spacial score (nSPS) is 13.2. The molecule has 146 valence electrons. The van der Waals surface area contributed by atoms with Crippen LogP contribution in [-0.2, 0) is 0 Å². The summed E-state index contributed by atoms with van der Waals surface area (Å²) in [5.74, 6) is -0.731. The number of nitrogens with zero attached hydrogens (tertiary/aromatic N) is 3. The molecule has 2 heterocycles. The van der Waals surface area contributed by atoms with Crippen LogP contribution in [0.15, 0.2) is 59.1 Å². The van der Waals surface area contributed by atoms with E-state index in [-0.39, 0.29) is 5.56 Å². The first-order valence-corrected chi connectivity index (χ1v) is 9.51.